The van der Waals surface area contributed by atoms with Gasteiger partial charge in [0.2, 0.25) is 0 Å². The van der Waals surface area contributed by atoms with Crippen LogP contribution >= 0.6 is 0 Å². The lowest BCUT2D eigenvalue weighted by molar-refractivity contribution is -0.117. The summed E-state index contributed by atoms with van der Waals surface area (Å²) in [5.41, 5.74) is -4.12. The molecule has 0 unspecified atom stereocenters. The van der Waals surface area contributed by atoms with Crippen molar-refractivity contribution in [3.05, 3.63) is 11.1 Å². The van der Waals surface area contributed by atoms with Gasteiger partial charge in [0.15, 0.2) is 0 Å². The Morgan fingerprint density at radius 1 is 0.923 bits per heavy atom. The van der Waals surface area contributed by atoms with Gasteiger partial charge < -0.3 is 0 Å². The molecule has 0 aromatic heterocycles. The summed E-state index contributed by atoms with van der Waals surface area (Å²) in [4.78, 5) is 0. The summed E-state index contributed by atoms with van der Waals surface area (Å²) in [7, 11) is 0. The van der Waals surface area contributed by atoms with E-state index < -0.39 is 30.2 Å². The minimum Gasteiger partial charge on any atom is -0.246 e. The Balaban J connectivity index is 5.16. The summed E-state index contributed by atoms with van der Waals surface area (Å²) in [6.45, 7) is -1.97. The molecular weight excluding hydrogens is 205 g/mol. The molecule has 0 bridgehead atoms. The summed E-state index contributed by atoms with van der Waals surface area (Å²) in [5.74, 6) is 0. The molecule has 7 heteroatoms. The van der Waals surface area contributed by atoms with Gasteiger partial charge in [-0.25, -0.2) is 4.39 Å². The standard InChI is InChI=1S/C6H5F7/c1-3(5(8,9)10)4(2-7)6(11,12)13/h2H2,1H3. The Morgan fingerprint density at radius 2 is 1.31 bits per heavy atom. The van der Waals surface area contributed by atoms with Gasteiger partial charge in [-0.15, -0.1) is 0 Å². The molecule has 0 spiro atoms. The lowest BCUT2D eigenvalue weighted by Gasteiger charge is -2.14. The first-order valence-electron chi connectivity index (χ1n) is 3.00. The smallest absolute Gasteiger partial charge is 0.246 e. The SMILES string of the molecule is CC(=C(CF)C(F)(F)F)C(F)(F)F. The van der Waals surface area contributed by atoms with Gasteiger partial charge in [-0.1, -0.05) is 0 Å². The molecule has 0 radical (unpaired) electrons. The van der Waals surface area contributed by atoms with Gasteiger partial charge in [0.1, 0.15) is 6.67 Å². The Hall–Kier alpha value is -0.750. The van der Waals surface area contributed by atoms with Crippen molar-refractivity contribution in [2.75, 3.05) is 6.67 Å². The van der Waals surface area contributed by atoms with Gasteiger partial charge in [0, 0.05) is 5.57 Å². The van der Waals surface area contributed by atoms with Gasteiger partial charge in [-0.05, 0) is 6.92 Å². The zero-order valence-electron chi connectivity index (χ0n) is 6.35. The van der Waals surface area contributed by atoms with Crippen LogP contribution in [0.1, 0.15) is 6.92 Å². The van der Waals surface area contributed by atoms with Crippen LogP contribution in [0.15, 0.2) is 11.1 Å². The van der Waals surface area contributed by atoms with Crippen LogP contribution in [-0.2, 0) is 0 Å². The molecule has 0 saturated carbocycles. The quantitative estimate of drug-likeness (QED) is 0.459. The Kier molecular flexibility index (Phi) is 3.34. The fraction of sp³-hybridized carbons (Fsp3) is 0.667. The van der Waals surface area contributed by atoms with Crippen molar-refractivity contribution >= 4 is 0 Å². The highest BCUT2D eigenvalue weighted by Gasteiger charge is 2.42. The fourth-order valence-corrected chi connectivity index (χ4v) is 0.560. The maximum absolute atomic E-state index is 11.7. The Labute approximate surface area is 69.0 Å². The molecule has 0 nitrogen and oxygen atoms in total. The lowest BCUT2D eigenvalue weighted by Crippen LogP contribution is -2.22. The van der Waals surface area contributed by atoms with Crippen LogP contribution in [0.2, 0.25) is 0 Å². The van der Waals surface area contributed by atoms with Gasteiger partial charge in [0.05, 0.1) is 5.57 Å². The fourth-order valence-electron chi connectivity index (χ4n) is 0.560. The lowest BCUT2D eigenvalue weighted by atomic mass is 10.1. The third-order valence-electron chi connectivity index (χ3n) is 1.35. The summed E-state index contributed by atoms with van der Waals surface area (Å²) in [5, 5.41) is 0. The van der Waals surface area contributed by atoms with Gasteiger partial charge in [-0.3, -0.25) is 0 Å². The van der Waals surface area contributed by atoms with Crippen LogP contribution in [0.3, 0.4) is 0 Å². The monoisotopic (exact) mass is 210 g/mol. The summed E-state index contributed by atoms with van der Waals surface area (Å²) in [6.07, 6.45) is -10.4. The molecule has 0 aliphatic heterocycles. The Morgan fingerprint density at radius 3 is 1.38 bits per heavy atom. The molecule has 13 heavy (non-hydrogen) atoms. The number of alkyl halides is 7. The second-order valence-corrected chi connectivity index (χ2v) is 2.23. The third kappa shape index (κ3) is 3.23. The summed E-state index contributed by atoms with van der Waals surface area (Å²) >= 11 is 0. The van der Waals surface area contributed by atoms with E-state index >= 15 is 0 Å². The molecule has 0 N–H and O–H groups in total. The molecule has 0 aliphatic rings. The van der Waals surface area contributed by atoms with Gasteiger partial charge in [-0.2, -0.15) is 26.3 Å². The zero-order valence-corrected chi connectivity index (χ0v) is 6.35. The van der Waals surface area contributed by atoms with E-state index in [1.165, 1.54) is 0 Å². The topological polar surface area (TPSA) is 0 Å². The van der Waals surface area contributed by atoms with Crippen molar-refractivity contribution in [2.45, 2.75) is 19.3 Å². The predicted molar refractivity (Wildman–Crippen MR) is 30.8 cm³/mol. The van der Waals surface area contributed by atoms with E-state index in [0.29, 0.717) is 0 Å². The van der Waals surface area contributed by atoms with E-state index in [-0.39, 0.29) is 6.92 Å². The van der Waals surface area contributed by atoms with Crippen LogP contribution in [0.4, 0.5) is 30.7 Å². The molecule has 0 atom stereocenters. The molecule has 0 aromatic rings. The minimum atomic E-state index is -5.27. The van der Waals surface area contributed by atoms with Crippen molar-refractivity contribution in [1.29, 1.82) is 0 Å². The first kappa shape index (κ1) is 12.2. The second kappa shape index (κ2) is 3.55. The Bertz CT molecular complexity index is 206. The number of rotatable bonds is 1. The molecule has 0 aromatic carbocycles. The van der Waals surface area contributed by atoms with E-state index in [0.717, 1.165) is 0 Å². The van der Waals surface area contributed by atoms with Crippen LogP contribution in [0.5, 0.6) is 0 Å². The minimum absolute atomic E-state index is 0.197. The maximum atomic E-state index is 11.7. The average molecular weight is 210 g/mol. The number of halogens is 7. The molecular formula is C6H5F7. The molecule has 0 heterocycles. The normalized spacial score (nSPS) is 15.7. The molecule has 0 aliphatic carbocycles. The van der Waals surface area contributed by atoms with Crippen LogP contribution in [0.25, 0.3) is 0 Å². The third-order valence-corrected chi connectivity index (χ3v) is 1.35. The van der Waals surface area contributed by atoms with E-state index in [2.05, 4.69) is 0 Å². The van der Waals surface area contributed by atoms with Crippen molar-refractivity contribution in [3.63, 3.8) is 0 Å². The van der Waals surface area contributed by atoms with E-state index in [1.807, 2.05) is 0 Å². The number of hydrogen-bond donors (Lipinski definition) is 0. The van der Waals surface area contributed by atoms with Crippen LogP contribution < -0.4 is 0 Å². The molecule has 0 saturated heterocycles. The first-order chi connectivity index (χ1) is 5.60. The van der Waals surface area contributed by atoms with Crippen molar-refractivity contribution in [3.8, 4) is 0 Å². The van der Waals surface area contributed by atoms with Crippen LogP contribution in [0, 0.1) is 0 Å². The van der Waals surface area contributed by atoms with Gasteiger partial charge in [0.25, 0.3) is 0 Å². The molecule has 78 valence electrons. The zero-order chi connectivity index (χ0) is 10.9. The molecule has 0 amide bonds. The van der Waals surface area contributed by atoms with Crippen molar-refractivity contribution in [1.82, 2.24) is 0 Å². The van der Waals surface area contributed by atoms with Crippen LogP contribution in [-0.4, -0.2) is 19.0 Å². The first-order valence-corrected chi connectivity index (χ1v) is 3.00. The van der Waals surface area contributed by atoms with E-state index in [9.17, 15) is 30.7 Å². The molecule has 0 rings (SSSR count). The predicted octanol–water partition coefficient (Wildman–Crippen LogP) is 3.40. The van der Waals surface area contributed by atoms with Crippen molar-refractivity contribution < 1.29 is 30.7 Å². The second-order valence-electron chi connectivity index (χ2n) is 2.23. The summed E-state index contributed by atoms with van der Waals surface area (Å²) in [6, 6.07) is 0. The largest absolute Gasteiger partial charge is 0.415 e. The molecule has 0 fully saturated rings. The highest BCUT2D eigenvalue weighted by Crippen LogP contribution is 2.35. The summed E-state index contributed by atoms with van der Waals surface area (Å²) < 4.78 is 81.8. The van der Waals surface area contributed by atoms with E-state index in [1.54, 1.807) is 0 Å². The highest BCUT2D eigenvalue weighted by molar-refractivity contribution is 5.21. The maximum Gasteiger partial charge on any atom is 0.415 e. The van der Waals surface area contributed by atoms with E-state index in [4.69, 9.17) is 0 Å². The number of allylic oxidation sites excluding steroid dienone is 2. The average Bonchev–Trinajstić information content (AvgIpc) is 1.83. The highest BCUT2D eigenvalue weighted by atomic mass is 19.4. The van der Waals surface area contributed by atoms with Crippen molar-refractivity contribution in [2.24, 2.45) is 0 Å². The number of hydrogen-bond acceptors (Lipinski definition) is 0. The van der Waals surface area contributed by atoms with Gasteiger partial charge >= 0.3 is 12.4 Å².